The molecule has 184 valence electrons. The number of benzene rings is 2. The van der Waals surface area contributed by atoms with Gasteiger partial charge in [0, 0.05) is 38.5 Å². The first-order valence-electron chi connectivity index (χ1n) is 11.6. The minimum absolute atomic E-state index is 0.0540. The van der Waals surface area contributed by atoms with Gasteiger partial charge in [0.25, 0.3) is 0 Å². The Labute approximate surface area is 206 Å². The lowest BCUT2D eigenvalue weighted by Gasteiger charge is -2.16. The molecule has 7 nitrogen and oxygen atoms in total. The Balaban J connectivity index is 1.52. The fraction of sp³-hybridized carbons (Fsp3) is 0.346. The SMILES string of the molecule is CC1=C2CN(S(=O)(=O)c3ccc(C)cc3)CC2=C2CN(S(=O)(=O)c3ccc(C)cc3)CC2CC1=O. The fourth-order valence-corrected chi connectivity index (χ4v) is 7.97. The number of allylic oxidation sites excluding steroid dienone is 1. The normalized spacial score (nSPS) is 21.9. The number of Topliss-reactive ketones (excluding diaryl/α,β-unsaturated/α-hetero) is 1. The van der Waals surface area contributed by atoms with Crippen molar-refractivity contribution in [3.63, 3.8) is 0 Å². The lowest BCUT2D eigenvalue weighted by atomic mass is 9.94. The predicted molar refractivity (Wildman–Crippen MR) is 133 cm³/mol. The highest BCUT2D eigenvalue weighted by molar-refractivity contribution is 7.89. The van der Waals surface area contributed by atoms with Crippen LogP contribution in [0.3, 0.4) is 0 Å². The van der Waals surface area contributed by atoms with Crippen LogP contribution in [0.25, 0.3) is 0 Å². The van der Waals surface area contributed by atoms with Crippen LogP contribution in [0.15, 0.2) is 80.6 Å². The first-order chi connectivity index (χ1) is 16.5. The minimum atomic E-state index is -3.76. The zero-order chi connectivity index (χ0) is 25.1. The molecule has 0 saturated carbocycles. The molecule has 0 aromatic heterocycles. The van der Waals surface area contributed by atoms with Gasteiger partial charge in [0.1, 0.15) is 0 Å². The maximum atomic E-state index is 13.4. The van der Waals surface area contributed by atoms with Gasteiger partial charge in [0.15, 0.2) is 5.78 Å². The lowest BCUT2D eigenvalue weighted by molar-refractivity contribution is -0.116. The molecule has 3 aliphatic rings. The van der Waals surface area contributed by atoms with Crippen molar-refractivity contribution in [2.75, 3.05) is 26.2 Å². The van der Waals surface area contributed by atoms with E-state index in [-0.39, 0.29) is 54.1 Å². The van der Waals surface area contributed by atoms with Gasteiger partial charge in [0.05, 0.1) is 9.79 Å². The molecular weight excluding hydrogens is 484 g/mol. The lowest BCUT2D eigenvalue weighted by Crippen LogP contribution is -2.29. The maximum absolute atomic E-state index is 13.4. The van der Waals surface area contributed by atoms with E-state index in [0.717, 1.165) is 27.8 Å². The summed E-state index contributed by atoms with van der Waals surface area (Å²) in [5.41, 5.74) is 4.90. The zero-order valence-electron chi connectivity index (χ0n) is 20.0. The van der Waals surface area contributed by atoms with Crippen LogP contribution in [-0.4, -0.2) is 57.4 Å². The van der Waals surface area contributed by atoms with Crippen molar-refractivity contribution in [2.45, 2.75) is 37.0 Å². The summed E-state index contributed by atoms with van der Waals surface area (Å²) >= 11 is 0. The molecule has 0 N–H and O–H groups in total. The number of carbonyl (C=O) groups excluding carboxylic acids is 1. The third kappa shape index (κ3) is 4.10. The van der Waals surface area contributed by atoms with Crippen LogP contribution < -0.4 is 0 Å². The second-order valence-corrected chi connectivity index (χ2v) is 13.5. The average Bonchev–Trinajstić information content (AvgIpc) is 3.42. The molecule has 35 heavy (non-hydrogen) atoms. The summed E-state index contributed by atoms with van der Waals surface area (Å²) in [5.74, 6) is -0.311. The first kappa shape index (κ1) is 24.1. The molecule has 9 heteroatoms. The maximum Gasteiger partial charge on any atom is 0.243 e. The third-order valence-electron chi connectivity index (χ3n) is 7.30. The van der Waals surface area contributed by atoms with Gasteiger partial charge >= 0.3 is 0 Å². The summed E-state index contributed by atoms with van der Waals surface area (Å²) in [7, 11) is -7.50. The van der Waals surface area contributed by atoms with Crippen molar-refractivity contribution in [2.24, 2.45) is 5.92 Å². The number of sulfonamides is 2. The van der Waals surface area contributed by atoms with E-state index < -0.39 is 20.0 Å². The second kappa shape index (κ2) is 8.51. The number of hydrogen-bond acceptors (Lipinski definition) is 5. The highest BCUT2D eigenvalue weighted by Gasteiger charge is 2.44. The monoisotopic (exact) mass is 512 g/mol. The Morgan fingerprint density at radius 3 is 1.71 bits per heavy atom. The molecule has 2 aromatic carbocycles. The van der Waals surface area contributed by atoms with Crippen LogP contribution >= 0.6 is 0 Å². The quantitative estimate of drug-likeness (QED) is 0.627. The smallest absolute Gasteiger partial charge is 0.243 e. The highest BCUT2D eigenvalue weighted by Crippen LogP contribution is 2.42. The summed E-state index contributed by atoms with van der Waals surface area (Å²) in [6.07, 6.45) is 0.235. The van der Waals surface area contributed by atoms with Crippen LogP contribution in [0.5, 0.6) is 0 Å². The van der Waals surface area contributed by atoms with E-state index in [9.17, 15) is 21.6 Å². The fourth-order valence-electron chi connectivity index (χ4n) is 5.13. The van der Waals surface area contributed by atoms with E-state index in [2.05, 4.69) is 0 Å². The number of fused-ring (bicyclic) bond motifs is 2. The summed E-state index contributed by atoms with van der Waals surface area (Å²) < 4.78 is 56.3. The van der Waals surface area contributed by atoms with Crippen molar-refractivity contribution in [3.05, 3.63) is 82.0 Å². The number of rotatable bonds is 4. The van der Waals surface area contributed by atoms with Gasteiger partial charge in [-0.05, 0) is 67.3 Å². The van der Waals surface area contributed by atoms with Crippen LogP contribution in [-0.2, 0) is 24.8 Å². The highest BCUT2D eigenvalue weighted by atomic mass is 32.2. The predicted octanol–water partition coefficient (Wildman–Crippen LogP) is 3.21. The number of hydrogen-bond donors (Lipinski definition) is 0. The molecule has 0 amide bonds. The third-order valence-corrected chi connectivity index (χ3v) is 10.9. The van der Waals surface area contributed by atoms with Gasteiger partial charge < -0.3 is 0 Å². The Hall–Kier alpha value is -2.59. The average molecular weight is 513 g/mol. The molecule has 2 saturated heterocycles. The summed E-state index contributed by atoms with van der Waals surface area (Å²) in [6, 6.07) is 13.4. The summed E-state index contributed by atoms with van der Waals surface area (Å²) in [5, 5.41) is 0. The van der Waals surface area contributed by atoms with Gasteiger partial charge in [-0.3, -0.25) is 4.79 Å². The standard InChI is InChI=1S/C26H28N2O5S2/c1-17-4-8-21(9-5-17)34(30,31)27-13-20-12-26(29)19(3)23-14-28(16-25(23)24(20)15-27)35(32,33)22-10-6-18(2)7-11-22/h4-11,20H,12-16H2,1-3H3. The van der Waals surface area contributed by atoms with Gasteiger partial charge in [-0.1, -0.05) is 35.4 Å². The largest absolute Gasteiger partial charge is 0.295 e. The van der Waals surface area contributed by atoms with E-state index in [1.54, 1.807) is 55.5 Å². The van der Waals surface area contributed by atoms with Gasteiger partial charge in [0.2, 0.25) is 20.0 Å². The van der Waals surface area contributed by atoms with E-state index >= 15 is 0 Å². The number of carbonyl (C=O) groups is 1. The van der Waals surface area contributed by atoms with Crippen molar-refractivity contribution in [3.8, 4) is 0 Å². The number of aryl methyl sites for hydroxylation is 2. The van der Waals surface area contributed by atoms with Crippen LogP contribution in [0, 0.1) is 19.8 Å². The molecule has 2 aliphatic heterocycles. The Morgan fingerprint density at radius 2 is 1.17 bits per heavy atom. The van der Waals surface area contributed by atoms with E-state index in [1.165, 1.54) is 8.61 Å². The molecule has 0 bridgehead atoms. The summed E-state index contributed by atoms with van der Waals surface area (Å²) in [4.78, 5) is 13.4. The molecule has 1 atom stereocenters. The van der Waals surface area contributed by atoms with Gasteiger partial charge in [-0.25, -0.2) is 16.8 Å². The topological polar surface area (TPSA) is 91.8 Å². The van der Waals surface area contributed by atoms with Gasteiger partial charge in [-0.2, -0.15) is 8.61 Å². The van der Waals surface area contributed by atoms with Crippen molar-refractivity contribution in [1.29, 1.82) is 0 Å². The van der Waals surface area contributed by atoms with Crippen LogP contribution in [0.2, 0.25) is 0 Å². The molecular formula is C26H28N2O5S2. The Morgan fingerprint density at radius 1 is 0.686 bits per heavy atom. The van der Waals surface area contributed by atoms with Crippen LogP contribution in [0.4, 0.5) is 0 Å². The van der Waals surface area contributed by atoms with E-state index in [1.807, 2.05) is 13.8 Å². The molecule has 2 heterocycles. The van der Waals surface area contributed by atoms with Crippen molar-refractivity contribution < 1.29 is 21.6 Å². The molecule has 2 fully saturated rings. The molecule has 5 rings (SSSR count). The van der Waals surface area contributed by atoms with Gasteiger partial charge in [-0.15, -0.1) is 0 Å². The Kier molecular flexibility index (Phi) is 5.87. The Bertz CT molecular complexity index is 1490. The molecule has 2 aromatic rings. The number of nitrogens with zero attached hydrogens (tertiary/aromatic N) is 2. The molecule has 1 aliphatic carbocycles. The molecule has 0 spiro atoms. The van der Waals surface area contributed by atoms with Crippen molar-refractivity contribution in [1.82, 2.24) is 8.61 Å². The molecule has 1 unspecified atom stereocenters. The minimum Gasteiger partial charge on any atom is -0.295 e. The summed E-state index contributed by atoms with van der Waals surface area (Å²) in [6.45, 7) is 6.18. The van der Waals surface area contributed by atoms with Crippen molar-refractivity contribution >= 4 is 25.8 Å². The first-order valence-corrected chi connectivity index (χ1v) is 14.5. The van der Waals surface area contributed by atoms with E-state index in [0.29, 0.717) is 5.57 Å². The van der Waals surface area contributed by atoms with Crippen LogP contribution in [0.1, 0.15) is 24.5 Å². The second-order valence-electron chi connectivity index (χ2n) is 9.63. The zero-order valence-corrected chi connectivity index (χ0v) is 21.6. The molecule has 0 radical (unpaired) electrons. The van der Waals surface area contributed by atoms with E-state index in [4.69, 9.17) is 0 Å². The number of ketones is 1.